The van der Waals surface area contributed by atoms with Gasteiger partial charge in [-0.1, -0.05) is 26.7 Å². The first-order valence-electron chi connectivity index (χ1n) is 9.99. The fourth-order valence-electron chi connectivity index (χ4n) is 3.21. The molecule has 7 heteroatoms. The van der Waals surface area contributed by atoms with Crippen LogP contribution in [0.3, 0.4) is 0 Å². The largest absolute Gasteiger partial charge is 0.369 e. The molecule has 0 aliphatic carbocycles. The number of primary amides is 1. The molecule has 0 aromatic rings. The van der Waals surface area contributed by atoms with E-state index >= 15 is 0 Å². The van der Waals surface area contributed by atoms with Crippen LogP contribution < -0.4 is 16.4 Å². The summed E-state index contributed by atoms with van der Waals surface area (Å²) in [5, 5.41) is 6.77. The molecule has 0 saturated carbocycles. The molecule has 0 aromatic carbocycles. The highest BCUT2D eigenvalue weighted by molar-refractivity contribution is 14.0. The lowest BCUT2D eigenvalue weighted by Crippen LogP contribution is -2.40. The van der Waals surface area contributed by atoms with Crippen molar-refractivity contribution in [2.75, 3.05) is 39.8 Å². The summed E-state index contributed by atoms with van der Waals surface area (Å²) in [6, 6.07) is 0. The summed E-state index contributed by atoms with van der Waals surface area (Å²) in [6.07, 6.45) is 7.89. The molecule has 26 heavy (non-hydrogen) atoms. The first-order chi connectivity index (χ1) is 12.0. The second-order valence-corrected chi connectivity index (χ2v) is 7.54. The van der Waals surface area contributed by atoms with E-state index in [-0.39, 0.29) is 35.8 Å². The summed E-state index contributed by atoms with van der Waals surface area (Å²) >= 11 is 0. The van der Waals surface area contributed by atoms with Gasteiger partial charge in [-0.2, -0.15) is 0 Å². The zero-order valence-corrected chi connectivity index (χ0v) is 19.3. The van der Waals surface area contributed by atoms with Crippen molar-refractivity contribution in [3.63, 3.8) is 0 Å². The van der Waals surface area contributed by atoms with Crippen molar-refractivity contribution in [3.05, 3.63) is 0 Å². The Hall–Kier alpha value is -0.570. The van der Waals surface area contributed by atoms with E-state index in [0.717, 1.165) is 63.9 Å². The molecular formula is C19H40IN5O. The number of hydrogen-bond donors (Lipinski definition) is 3. The topological polar surface area (TPSA) is 82.8 Å². The SMILES string of the molecule is CN=C(NCCCCC(C)C)NCCCCN1CCC(C(N)=O)CC1.I. The van der Waals surface area contributed by atoms with Crippen molar-refractivity contribution in [1.29, 1.82) is 0 Å². The Kier molecular flexibility index (Phi) is 15.1. The summed E-state index contributed by atoms with van der Waals surface area (Å²) in [5.74, 6) is 1.66. The monoisotopic (exact) mass is 481 g/mol. The fraction of sp³-hybridized carbons (Fsp3) is 0.895. The molecule has 1 aliphatic rings. The van der Waals surface area contributed by atoms with Crippen molar-refractivity contribution in [3.8, 4) is 0 Å². The minimum absolute atomic E-state index is 0. The summed E-state index contributed by atoms with van der Waals surface area (Å²) in [7, 11) is 1.83. The van der Waals surface area contributed by atoms with E-state index in [1.54, 1.807) is 0 Å². The number of nitrogens with two attached hydrogens (primary N) is 1. The van der Waals surface area contributed by atoms with Gasteiger partial charge in [-0.05, 0) is 57.7 Å². The zero-order valence-electron chi connectivity index (χ0n) is 16.9. The number of hydrogen-bond acceptors (Lipinski definition) is 3. The Morgan fingerprint density at radius 2 is 1.69 bits per heavy atom. The fourth-order valence-corrected chi connectivity index (χ4v) is 3.21. The molecule has 0 atom stereocenters. The molecule has 0 spiro atoms. The summed E-state index contributed by atoms with van der Waals surface area (Å²) in [6.45, 7) is 9.59. The summed E-state index contributed by atoms with van der Waals surface area (Å²) in [5.41, 5.74) is 5.38. The number of piperidine rings is 1. The van der Waals surface area contributed by atoms with Crippen LogP contribution in [0.5, 0.6) is 0 Å². The second-order valence-electron chi connectivity index (χ2n) is 7.54. The maximum atomic E-state index is 11.2. The van der Waals surface area contributed by atoms with Crippen LogP contribution in [-0.2, 0) is 4.79 Å². The maximum Gasteiger partial charge on any atom is 0.220 e. The highest BCUT2D eigenvalue weighted by Crippen LogP contribution is 2.16. The van der Waals surface area contributed by atoms with Gasteiger partial charge in [0.25, 0.3) is 0 Å². The zero-order chi connectivity index (χ0) is 18.5. The third kappa shape index (κ3) is 11.9. The molecule has 4 N–H and O–H groups in total. The third-order valence-electron chi connectivity index (χ3n) is 4.91. The molecule has 0 radical (unpaired) electrons. The van der Waals surface area contributed by atoms with Crippen molar-refractivity contribution < 1.29 is 4.79 Å². The van der Waals surface area contributed by atoms with Gasteiger partial charge in [0.05, 0.1) is 0 Å². The van der Waals surface area contributed by atoms with Crippen LogP contribution in [0, 0.1) is 11.8 Å². The number of halogens is 1. The van der Waals surface area contributed by atoms with E-state index in [0.29, 0.717) is 0 Å². The molecule has 0 bridgehead atoms. The van der Waals surface area contributed by atoms with E-state index < -0.39 is 0 Å². The summed E-state index contributed by atoms with van der Waals surface area (Å²) < 4.78 is 0. The highest BCUT2D eigenvalue weighted by atomic mass is 127. The molecule has 6 nitrogen and oxygen atoms in total. The number of unbranched alkanes of at least 4 members (excludes halogenated alkanes) is 2. The van der Waals surface area contributed by atoms with Crippen molar-refractivity contribution >= 4 is 35.8 Å². The first-order valence-corrected chi connectivity index (χ1v) is 9.99. The Labute approximate surface area is 177 Å². The molecule has 1 heterocycles. The smallest absolute Gasteiger partial charge is 0.220 e. The van der Waals surface area contributed by atoms with Crippen LogP contribution in [0.25, 0.3) is 0 Å². The standard InChI is InChI=1S/C19H39N5O.HI/c1-16(2)8-4-5-11-22-19(21-3)23-12-6-7-13-24-14-9-17(10-15-24)18(20)25;/h16-17H,4-15H2,1-3H3,(H2,20,25)(H2,21,22,23);1H. The van der Waals surface area contributed by atoms with E-state index in [1.165, 1.54) is 25.7 Å². The number of carbonyl (C=O) groups excluding carboxylic acids is 1. The van der Waals surface area contributed by atoms with Crippen molar-refractivity contribution in [2.24, 2.45) is 22.6 Å². The van der Waals surface area contributed by atoms with Crippen LogP contribution >= 0.6 is 24.0 Å². The Balaban J connectivity index is 0.00000625. The Bertz CT molecular complexity index is 395. The van der Waals surface area contributed by atoms with E-state index in [9.17, 15) is 4.79 Å². The number of nitrogens with one attached hydrogen (secondary N) is 2. The predicted octanol–water partition coefficient (Wildman–Crippen LogP) is 2.57. The van der Waals surface area contributed by atoms with E-state index in [1.807, 2.05) is 7.05 Å². The van der Waals surface area contributed by atoms with Crippen LogP contribution in [-0.4, -0.2) is 56.5 Å². The molecule has 1 rings (SSSR count). The van der Waals surface area contributed by atoms with Crippen molar-refractivity contribution in [2.45, 2.75) is 58.8 Å². The average molecular weight is 481 g/mol. The molecule has 154 valence electrons. The van der Waals surface area contributed by atoms with Crippen LogP contribution in [0.15, 0.2) is 4.99 Å². The molecule has 0 unspecified atom stereocenters. The maximum absolute atomic E-state index is 11.2. The van der Waals surface area contributed by atoms with Gasteiger partial charge in [0.1, 0.15) is 0 Å². The van der Waals surface area contributed by atoms with Gasteiger partial charge in [0.2, 0.25) is 5.91 Å². The predicted molar refractivity (Wildman–Crippen MR) is 121 cm³/mol. The average Bonchev–Trinajstić information content (AvgIpc) is 2.59. The number of carbonyl (C=O) groups is 1. The van der Waals surface area contributed by atoms with Gasteiger partial charge < -0.3 is 21.3 Å². The van der Waals surface area contributed by atoms with Gasteiger partial charge >= 0.3 is 0 Å². The van der Waals surface area contributed by atoms with Gasteiger partial charge in [0, 0.05) is 26.1 Å². The number of nitrogens with zero attached hydrogens (tertiary/aromatic N) is 2. The molecule has 1 aliphatic heterocycles. The molecule has 1 fully saturated rings. The number of rotatable bonds is 11. The van der Waals surface area contributed by atoms with Crippen molar-refractivity contribution in [1.82, 2.24) is 15.5 Å². The lowest BCUT2D eigenvalue weighted by atomic mass is 9.96. The number of amides is 1. The minimum atomic E-state index is -0.132. The van der Waals surface area contributed by atoms with Crippen LogP contribution in [0.4, 0.5) is 0 Å². The molecular weight excluding hydrogens is 441 g/mol. The number of aliphatic imine (C=N–C) groups is 1. The normalized spacial score (nSPS) is 16.4. The third-order valence-corrected chi connectivity index (χ3v) is 4.91. The molecule has 1 saturated heterocycles. The quantitative estimate of drug-likeness (QED) is 0.183. The van der Waals surface area contributed by atoms with Gasteiger partial charge in [-0.25, -0.2) is 0 Å². The lowest BCUT2D eigenvalue weighted by Gasteiger charge is -2.30. The Morgan fingerprint density at radius 1 is 1.12 bits per heavy atom. The van der Waals surface area contributed by atoms with Gasteiger partial charge in [-0.3, -0.25) is 9.79 Å². The van der Waals surface area contributed by atoms with E-state index in [2.05, 4.69) is 34.4 Å². The number of likely N-dealkylation sites (tertiary alicyclic amines) is 1. The highest BCUT2D eigenvalue weighted by Gasteiger charge is 2.22. The summed E-state index contributed by atoms with van der Waals surface area (Å²) in [4.78, 5) is 17.9. The van der Waals surface area contributed by atoms with E-state index in [4.69, 9.17) is 5.73 Å². The molecule has 1 amide bonds. The first kappa shape index (κ1) is 25.4. The number of guanidine groups is 1. The Morgan fingerprint density at radius 3 is 2.19 bits per heavy atom. The van der Waals surface area contributed by atoms with Gasteiger partial charge in [-0.15, -0.1) is 24.0 Å². The minimum Gasteiger partial charge on any atom is -0.369 e. The lowest BCUT2D eigenvalue weighted by molar-refractivity contribution is -0.123. The second kappa shape index (κ2) is 15.5. The van der Waals surface area contributed by atoms with Crippen LogP contribution in [0.2, 0.25) is 0 Å². The van der Waals surface area contributed by atoms with Crippen LogP contribution in [0.1, 0.15) is 58.8 Å². The van der Waals surface area contributed by atoms with Gasteiger partial charge in [0.15, 0.2) is 5.96 Å². The molecule has 0 aromatic heterocycles.